The first kappa shape index (κ1) is 17.0. The molecule has 7 heteroatoms. The Balaban J connectivity index is 4.77. The van der Waals surface area contributed by atoms with E-state index in [0.29, 0.717) is 0 Å². The number of methoxy groups -OCH3 is 1. The van der Waals surface area contributed by atoms with Gasteiger partial charge in [-0.1, -0.05) is 25.9 Å². The third-order valence-corrected chi connectivity index (χ3v) is 7.77. The topological polar surface area (TPSA) is 84.3 Å². The highest BCUT2D eigenvalue weighted by atomic mass is 28.4. The van der Waals surface area contributed by atoms with Gasteiger partial charge in [-0.15, -0.1) is 0 Å². The van der Waals surface area contributed by atoms with Crippen molar-refractivity contribution in [2.75, 3.05) is 13.7 Å². The summed E-state index contributed by atoms with van der Waals surface area (Å²) < 4.78 is 10.7. The molecule has 104 valence electrons. The fraction of sp³-hybridized carbons (Fsp3) is 0.909. The van der Waals surface area contributed by atoms with E-state index in [1.165, 1.54) is 7.11 Å². The monoisotopic (exact) mass is 273 g/mol. The molecule has 0 fully saturated rings. The van der Waals surface area contributed by atoms with E-state index in [1.807, 2.05) is 0 Å². The lowest BCUT2D eigenvalue weighted by Gasteiger charge is -2.38. The van der Waals surface area contributed by atoms with Crippen LogP contribution >= 0.6 is 0 Å². The molecule has 0 unspecified atom stereocenters. The van der Waals surface area contributed by atoms with Gasteiger partial charge in [-0.05, 0) is 23.7 Å². The van der Waals surface area contributed by atoms with Crippen LogP contribution in [0.3, 0.4) is 0 Å². The second kappa shape index (κ2) is 6.77. The van der Waals surface area contributed by atoms with Crippen LogP contribution < -0.4 is 0 Å². The van der Waals surface area contributed by atoms with Crippen LogP contribution in [-0.2, 0) is 14.0 Å². The summed E-state index contributed by atoms with van der Waals surface area (Å²) in [6, 6.07) is 0. The summed E-state index contributed by atoms with van der Waals surface area (Å²) >= 11 is 0. The van der Waals surface area contributed by atoms with Crippen LogP contribution in [0.25, 0.3) is 10.4 Å². The molecule has 0 amide bonds. The molecule has 0 radical (unpaired) electrons. The van der Waals surface area contributed by atoms with Crippen molar-refractivity contribution < 1.29 is 14.0 Å². The first-order valence-electron chi connectivity index (χ1n) is 5.89. The predicted molar refractivity (Wildman–Crippen MR) is 72.7 cm³/mol. The number of hydrogen-bond donors (Lipinski definition) is 0. The summed E-state index contributed by atoms with van der Waals surface area (Å²) in [5.74, 6) is -0.355. The first-order chi connectivity index (χ1) is 8.14. The lowest BCUT2D eigenvalue weighted by Crippen LogP contribution is -2.45. The molecule has 0 saturated carbocycles. The highest BCUT2D eigenvalue weighted by Crippen LogP contribution is 2.37. The van der Waals surface area contributed by atoms with Crippen molar-refractivity contribution in [3.63, 3.8) is 0 Å². The quantitative estimate of drug-likeness (QED) is 0.245. The molecular weight excluding hydrogens is 250 g/mol. The Morgan fingerprint density at radius 1 is 1.44 bits per heavy atom. The van der Waals surface area contributed by atoms with E-state index < -0.39 is 14.4 Å². The van der Waals surface area contributed by atoms with Gasteiger partial charge < -0.3 is 9.16 Å². The minimum absolute atomic E-state index is 0.0394. The second-order valence-corrected chi connectivity index (χ2v) is 10.5. The summed E-state index contributed by atoms with van der Waals surface area (Å²) in [5, 5.41) is 3.54. The van der Waals surface area contributed by atoms with Crippen LogP contribution in [-0.4, -0.2) is 34.0 Å². The van der Waals surface area contributed by atoms with Crippen LogP contribution in [0.4, 0.5) is 0 Å². The predicted octanol–water partition coefficient (Wildman–Crippen LogP) is 3.25. The maximum absolute atomic E-state index is 11.3. The van der Waals surface area contributed by atoms with Crippen molar-refractivity contribution in [2.45, 2.75) is 51.4 Å². The number of nitrogens with zero attached hydrogens (tertiary/aromatic N) is 3. The zero-order valence-corrected chi connectivity index (χ0v) is 13.1. The molecule has 6 nitrogen and oxygen atoms in total. The lowest BCUT2D eigenvalue weighted by molar-refractivity contribution is -0.142. The summed E-state index contributed by atoms with van der Waals surface area (Å²) in [4.78, 5) is 14.0. The minimum Gasteiger partial charge on any atom is -0.469 e. The fourth-order valence-electron chi connectivity index (χ4n) is 1.13. The van der Waals surface area contributed by atoms with Gasteiger partial charge in [0.05, 0.1) is 26.2 Å². The Morgan fingerprint density at radius 3 is 2.39 bits per heavy atom. The van der Waals surface area contributed by atoms with E-state index in [2.05, 4.69) is 48.6 Å². The van der Waals surface area contributed by atoms with E-state index in [-0.39, 0.29) is 24.0 Å². The van der Waals surface area contributed by atoms with Gasteiger partial charge in [0.2, 0.25) is 0 Å². The fourth-order valence-corrected chi connectivity index (χ4v) is 2.48. The van der Waals surface area contributed by atoms with Crippen molar-refractivity contribution in [2.24, 2.45) is 5.11 Å². The van der Waals surface area contributed by atoms with Crippen LogP contribution in [0, 0.1) is 0 Å². The van der Waals surface area contributed by atoms with E-state index in [1.54, 1.807) is 0 Å². The SMILES string of the molecule is COC(=O)C[C@H](CN=[N+]=[N-])O[Si](C)(C)C(C)(C)C. The van der Waals surface area contributed by atoms with Crippen molar-refractivity contribution in [3.05, 3.63) is 10.4 Å². The molecule has 0 aromatic carbocycles. The van der Waals surface area contributed by atoms with Gasteiger partial charge >= 0.3 is 5.97 Å². The maximum atomic E-state index is 11.3. The largest absolute Gasteiger partial charge is 0.469 e. The summed E-state index contributed by atoms with van der Waals surface area (Å²) in [5.41, 5.74) is 8.36. The molecule has 0 aliphatic carbocycles. The Bertz CT molecular complexity index is 333. The van der Waals surface area contributed by atoms with E-state index in [9.17, 15) is 4.79 Å². The molecular formula is C11H23N3O3Si. The number of ether oxygens (including phenoxy) is 1. The molecule has 0 heterocycles. The number of rotatable bonds is 6. The van der Waals surface area contributed by atoms with Crippen molar-refractivity contribution in [3.8, 4) is 0 Å². The molecule has 0 aliphatic rings. The van der Waals surface area contributed by atoms with Crippen LogP contribution in [0.5, 0.6) is 0 Å². The Kier molecular flexibility index (Phi) is 6.38. The average molecular weight is 273 g/mol. The van der Waals surface area contributed by atoms with Crippen molar-refractivity contribution in [1.29, 1.82) is 0 Å². The highest BCUT2D eigenvalue weighted by Gasteiger charge is 2.39. The van der Waals surface area contributed by atoms with Crippen LogP contribution in [0.2, 0.25) is 18.1 Å². The van der Waals surface area contributed by atoms with Gasteiger partial charge in [0.25, 0.3) is 0 Å². The minimum atomic E-state index is -1.99. The molecule has 1 atom stereocenters. The Hall–Kier alpha value is -1.04. The number of azide groups is 1. The third kappa shape index (κ3) is 5.53. The van der Waals surface area contributed by atoms with Crippen molar-refractivity contribution in [1.82, 2.24) is 0 Å². The third-order valence-electron chi connectivity index (χ3n) is 3.24. The number of carbonyl (C=O) groups is 1. The lowest BCUT2D eigenvalue weighted by atomic mass is 10.2. The Morgan fingerprint density at radius 2 is 2.00 bits per heavy atom. The number of esters is 1. The molecule has 18 heavy (non-hydrogen) atoms. The van der Waals surface area contributed by atoms with Gasteiger partial charge in [-0.25, -0.2) is 0 Å². The smallest absolute Gasteiger partial charge is 0.308 e. The van der Waals surface area contributed by atoms with Crippen LogP contribution in [0.1, 0.15) is 27.2 Å². The average Bonchev–Trinajstić information content (AvgIpc) is 2.23. The Labute approximate surface area is 109 Å². The molecule has 0 saturated heterocycles. The van der Waals surface area contributed by atoms with Crippen LogP contribution in [0.15, 0.2) is 5.11 Å². The first-order valence-corrected chi connectivity index (χ1v) is 8.80. The van der Waals surface area contributed by atoms with Gasteiger partial charge in [-0.3, -0.25) is 4.79 Å². The van der Waals surface area contributed by atoms with E-state index in [4.69, 9.17) is 9.96 Å². The van der Waals surface area contributed by atoms with Gasteiger partial charge in [0.15, 0.2) is 8.32 Å². The second-order valence-electron chi connectivity index (χ2n) is 5.69. The van der Waals surface area contributed by atoms with Gasteiger partial charge in [0.1, 0.15) is 0 Å². The summed E-state index contributed by atoms with van der Waals surface area (Å²) in [6.07, 6.45) is -0.295. The molecule has 0 spiro atoms. The molecule has 0 aromatic rings. The summed E-state index contributed by atoms with van der Waals surface area (Å²) in [6.45, 7) is 10.7. The van der Waals surface area contributed by atoms with E-state index in [0.717, 1.165) is 0 Å². The number of hydrogen-bond acceptors (Lipinski definition) is 4. The molecule has 0 bridgehead atoms. The highest BCUT2D eigenvalue weighted by molar-refractivity contribution is 6.74. The zero-order chi connectivity index (χ0) is 14.4. The van der Waals surface area contributed by atoms with Gasteiger partial charge in [0, 0.05) is 4.91 Å². The molecule has 0 rings (SSSR count). The van der Waals surface area contributed by atoms with Crippen molar-refractivity contribution >= 4 is 14.3 Å². The number of carbonyl (C=O) groups excluding carboxylic acids is 1. The van der Waals surface area contributed by atoms with Gasteiger partial charge in [-0.2, -0.15) is 0 Å². The molecule has 0 aliphatic heterocycles. The standard InChI is InChI=1S/C11H23N3O3Si/c1-11(2,3)18(5,6)17-9(8-13-14-12)7-10(15)16-4/h9H,7-8H2,1-6H3/t9-/m1/s1. The maximum Gasteiger partial charge on any atom is 0.308 e. The molecule has 0 N–H and O–H groups in total. The van der Waals surface area contributed by atoms with E-state index >= 15 is 0 Å². The summed E-state index contributed by atoms with van der Waals surface area (Å²) in [7, 11) is -0.656. The normalized spacial score (nSPS) is 13.7. The molecule has 0 aromatic heterocycles. The zero-order valence-electron chi connectivity index (χ0n) is 12.1.